The van der Waals surface area contributed by atoms with Crippen LogP contribution in [0.3, 0.4) is 0 Å². The normalized spacial score (nSPS) is 11.7. The summed E-state index contributed by atoms with van der Waals surface area (Å²) in [5.74, 6) is 0. The Hall–Kier alpha value is -1.28. The SMILES string of the molecule is N#CC(N)CCCCCNC(=O)O. The fourth-order valence-electron chi connectivity index (χ4n) is 0.926. The van der Waals surface area contributed by atoms with E-state index in [1.165, 1.54) is 0 Å². The van der Waals surface area contributed by atoms with Gasteiger partial charge in [0.05, 0.1) is 12.1 Å². The first-order valence-corrected chi connectivity index (χ1v) is 4.29. The van der Waals surface area contributed by atoms with Crippen LogP contribution >= 0.6 is 0 Å². The number of amides is 1. The molecular formula is C8H15N3O2. The van der Waals surface area contributed by atoms with E-state index in [0.29, 0.717) is 13.0 Å². The number of nitrogens with one attached hydrogen (secondary N) is 1. The topological polar surface area (TPSA) is 99.1 Å². The van der Waals surface area contributed by atoms with E-state index in [2.05, 4.69) is 5.32 Å². The summed E-state index contributed by atoms with van der Waals surface area (Å²) in [5, 5.41) is 18.8. The maximum atomic E-state index is 10.0. The summed E-state index contributed by atoms with van der Waals surface area (Å²) in [6.07, 6.45) is 2.26. The molecule has 0 aromatic carbocycles. The fraction of sp³-hybridized carbons (Fsp3) is 0.750. The van der Waals surface area contributed by atoms with Crippen molar-refractivity contribution >= 4 is 6.09 Å². The average molecular weight is 185 g/mol. The predicted molar refractivity (Wildman–Crippen MR) is 48.1 cm³/mol. The third kappa shape index (κ3) is 8.63. The Kier molecular flexibility index (Phi) is 6.65. The zero-order valence-electron chi connectivity index (χ0n) is 7.49. The summed E-state index contributed by atoms with van der Waals surface area (Å²) in [4.78, 5) is 10.0. The lowest BCUT2D eigenvalue weighted by Crippen LogP contribution is -2.22. The van der Waals surface area contributed by atoms with Crippen molar-refractivity contribution in [1.29, 1.82) is 5.26 Å². The standard InChI is InChI=1S/C8H15N3O2/c9-6-7(10)4-2-1-3-5-11-8(12)13/h7,11H,1-5,10H2,(H,12,13). The zero-order chi connectivity index (χ0) is 10.1. The molecule has 0 aromatic rings. The Bertz CT molecular complexity index is 188. The van der Waals surface area contributed by atoms with E-state index in [9.17, 15) is 4.79 Å². The highest BCUT2D eigenvalue weighted by Crippen LogP contribution is 2.00. The lowest BCUT2D eigenvalue weighted by molar-refractivity contribution is 0.194. The molecule has 4 N–H and O–H groups in total. The molecule has 0 fully saturated rings. The van der Waals surface area contributed by atoms with Crippen molar-refractivity contribution in [2.75, 3.05) is 6.54 Å². The molecule has 13 heavy (non-hydrogen) atoms. The van der Waals surface area contributed by atoms with Crippen LogP contribution < -0.4 is 11.1 Å². The van der Waals surface area contributed by atoms with Gasteiger partial charge >= 0.3 is 6.09 Å². The Morgan fingerprint density at radius 2 is 2.23 bits per heavy atom. The van der Waals surface area contributed by atoms with Crippen LogP contribution in [0.15, 0.2) is 0 Å². The number of carboxylic acid groups (broad SMARTS) is 1. The third-order valence-electron chi connectivity index (χ3n) is 1.63. The molecule has 0 spiro atoms. The minimum absolute atomic E-state index is 0.382. The highest BCUT2D eigenvalue weighted by atomic mass is 16.4. The number of hydrogen-bond acceptors (Lipinski definition) is 3. The first-order chi connectivity index (χ1) is 6.16. The number of unbranched alkanes of at least 4 members (excludes halogenated alkanes) is 2. The second-order valence-corrected chi connectivity index (χ2v) is 2.82. The van der Waals surface area contributed by atoms with Gasteiger partial charge < -0.3 is 16.2 Å². The van der Waals surface area contributed by atoms with Crippen molar-refractivity contribution in [3.05, 3.63) is 0 Å². The van der Waals surface area contributed by atoms with E-state index in [1.807, 2.05) is 6.07 Å². The van der Waals surface area contributed by atoms with Gasteiger partial charge in [-0.15, -0.1) is 0 Å². The number of carbonyl (C=O) groups is 1. The van der Waals surface area contributed by atoms with Crippen LogP contribution in [0.25, 0.3) is 0 Å². The first kappa shape index (κ1) is 11.7. The van der Waals surface area contributed by atoms with E-state index in [4.69, 9.17) is 16.1 Å². The van der Waals surface area contributed by atoms with Crippen molar-refractivity contribution in [3.8, 4) is 6.07 Å². The molecule has 5 nitrogen and oxygen atoms in total. The van der Waals surface area contributed by atoms with Crippen LogP contribution in [0, 0.1) is 11.3 Å². The first-order valence-electron chi connectivity index (χ1n) is 4.29. The number of nitriles is 1. The van der Waals surface area contributed by atoms with Gasteiger partial charge in [0.25, 0.3) is 0 Å². The van der Waals surface area contributed by atoms with E-state index >= 15 is 0 Å². The smallest absolute Gasteiger partial charge is 0.404 e. The molecule has 5 heteroatoms. The maximum Gasteiger partial charge on any atom is 0.404 e. The molecular weight excluding hydrogens is 170 g/mol. The molecule has 0 saturated carbocycles. The van der Waals surface area contributed by atoms with Crippen molar-refractivity contribution in [1.82, 2.24) is 5.32 Å². The van der Waals surface area contributed by atoms with Gasteiger partial charge in [0.2, 0.25) is 0 Å². The predicted octanol–water partition coefficient (Wildman–Crippen LogP) is 0.665. The van der Waals surface area contributed by atoms with Crippen molar-refractivity contribution in [2.24, 2.45) is 5.73 Å². The fourth-order valence-corrected chi connectivity index (χ4v) is 0.926. The van der Waals surface area contributed by atoms with Gasteiger partial charge in [0.1, 0.15) is 0 Å². The van der Waals surface area contributed by atoms with Crippen molar-refractivity contribution < 1.29 is 9.90 Å². The number of rotatable bonds is 6. The Morgan fingerprint density at radius 3 is 2.77 bits per heavy atom. The molecule has 1 unspecified atom stereocenters. The summed E-state index contributed by atoms with van der Waals surface area (Å²) in [5.41, 5.74) is 5.37. The minimum atomic E-state index is -0.992. The summed E-state index contributed by atoms with van der Waals surface area (Å²) in [7, 11) is 0. The van der Waals surface area contributed by atoms with Gasteiger partial charge in [-0.2, -0.15) is 5.26 Å². The van der Waals surface area contributed by atoms with Gasteiger partial charge in [0, 0.05) is 6.54 Å². The van der Waals surface area contributed by atoms with Crippen LogP contribution in [0.4, 0.5) is 4.79 Å². The quantitative estimate of drug-likeness (QED) is 0.529. The zero-order valence-corrected chi connectivity index (χ0v) is 7.49. The average Bonchev–Trinajstić information content (AvgIpc) is 2.10. The Labute approximate surface area is 77.5 Å². The molecule has 0 aliphatic carbocycles. The van der Waals surface area contributed by atoms with Crippen LogP contribution in [0.1, 0.15) is 25.7 Å². The van der Waals surface area contributed by atoms with E-state index in [1.54, 1.807) is 0 Å². The summed E-state index contributed by atoms with van der Waals surface area (Å²) in [6.45, 7) is 0.469. The molecule has 0 rings (SSSR count). The maximum absolute atomic E-state index is 10.0. The van der Waals surface area contributed by atoms with Crippen LogP contribution in [-0.2, 0) is 0 Å². The highest BCUT2D eigenvalue weighted by Gasteiger charge is 1.99. The lowest BCUT2D eigenvalue weighted by atomic mass is 10.1. The monoisotopic (exact) mass is 185 g/mol. The van der Waals surface area contributed by atoms with Gasteiger partial charge in [-0.1, -0.05) is 12.8 Å². The second-order valence-electron chi connectivity index (χ2n) is 2.82. The molecule has 74 valence electrons. The number of hydrogen-bond donors (Lipinski definition) is 3. The van der Waals surface area contributed by atoms with Gasteiger partial charge in [0.15, 0.2) is 0 Å². The molecule has 0 bridgehead atoms. The van der Waals surface area contributed by atoms with Crippen molar-refractivity contribution in [3.63, 3.8) is 0 Å². The number of nitrogens with zero attached hydrogens (tertiary/aromatic N) is 1. The summed E-state index contributed by atoms with van der Waals surface area (Å²) in [6, 6.07) is 1.56. The summed E-state index contributed by atoms with van der Waals surface area (Å²) >= 11 is 0. The number of nitrogens with two attached hydrogens (primary N) is 1. The molecule has 0 radical (unpaired) electrons. The van der Waals surface area contributed by atoms with Gasteiger partial charge in [-0.3, -0.25) is 0 Å². The Morgan fingerprint density at radius 1 is 1.54 bits per heavy atom. The van der Waals surface area contributed by atoms with Crippen LogP contribution in [-0.4, -0.2) is 23.8 Å². The van der Waals surface area contributed by atoms with E-state index in [-0.39, 0.29) is 6.04 Å². The second kappa shape index (κ2) is 7.37. The molecule has 0 aliphatic heterocycles. The molecule has 0 saturated heterocycles. The van der Waals surface area contributed by atoms with Gasteiger partial charge in [-0.25, -0.2) is 4.79 Å². The van der Waals surface area contributed by atoms with Crippen molar-refractivity contribution in [2.45, 2.75) is 31.7 Å². The van der Waals surface area contributed by atoms with Gasteiger partial charge in [-0.05, 0) is 12.8 Å². The molecule has 1 amide bonds. The molecule has 0 aromatic heterocycles. The van der Waals surface area contributed by atoms with E-state index < -0.39 is 6.09 Å². The minimum Gasteiger partial charge on any atom is -0.465 e. The lowest BCUT2D eigenvalue weighted by Gasteiger charge is -2.02. The van der Waals surface area contributed by atoms with Crippen LogP contribution in [0.5, 0.6) is 0 Å². The largest absolute Gasteiger partial charge is 0.465 e. The molecule has 0 heterocycles. The third-order valence-corrected chi connectivity index (χ3v) is 1.63. The highest BCUT2D eigenvalue weighted by molar-refractivity contribution is 5.64. The Balaban J connectivity index is 3.09. The van der Waals surface area contributed by atoms with E-state index in [0.717, 1.165) is 19.3 Å². The molecule has 1 atom stereocenters. The molecule has 0 aliphatic rings. The van der Waals surface area contributed by atoms with Crippen LogP contribution in [0.2, 0.25) is 0 Å². The summed E-state index contributed by atoms with van der Waals surface area (Å²) < 4.78 is 0.